The molecule has 11 aromatic rings. The van der Waals surface area contributed by atoms with Crippen molar-refractivity contribution in [3.63, 3.8) is 0 Å². The summed E-state index contributed by atoms with van der Waals surface area (Å²) in [6, 6.07) is 39.0. The zero-order chi connectivity index (χ0) is 50.7. The van der Waals surface area contributed by atoms with Gasteiger partial charge in [-0.05, 0) is 83.4 Å². The molecule has 7 heterocycles. The van der Waals surface area contributed by atoms with Gasteiger partial charge in [-0.25, -0.2) is 14.8 Å². The van der Waals surface area contributed by atoms with Gasteiger partial charge in [0.25, 0.3) is 0 Å². The fraction of sp³-hybridized carbons (Fsp3) is 0.0877. The van der Waals surface area contributed by atoms with Crippen LogP contribution in [0, 0.1) is 5.41 Å². The summed E-state index contributed by atoms with van der Waals surface area (Å²) in [6.45, 7) is 5.38. The van der Waals surface area contributed by atoms with E-state index in [0.717, 1.165) is 27.5 Å². The Bertz CT molecular complexity index is 4200. The largest absolute Gasteiger partial charge is 0.418 e. The topological polar surface area (TPSA) is 190 Å². The van der Waals surface area contributed by atoms with Crippen LogP contribution < -0.4 is 26.2 Å². The van der Waals surface area contributed by atoms with E-state index in [2.05, 4.69) is 25.6 Å². The van der Waals surface area contributed by atoms with E-state index in [1.807, 2.05) is 91.0 Å². The minimum absolute atomic E-state index is 0.184. The van der Waals surface area contributed by atoms with E-state index >= 15 is 0 Å². The smallest absolute Gasteiger partial charge is 0.404 e. The maximum Gasteiger partial charge on any atom is 0.418 e. The number of amides is 2. The quantitative estimate of drug-likeness (QED) is 0.115. The third-order valence-corrected chi connectivity index (χ3v) is 13.1. The highest BCUT2D eigenvalue weighted by molar-refractivity contribution is 6.36. The minimum atomic E-state index is -0.832. The van der Waals surface area contributed by atoms with Gasteiger partial charge in [0.15, 0.2) is 11.2 Å². The molecule has 4 aromatic carbocycles. The first kappa shape index (κ1) is 46.4. The number of carbonyl (C=O) groups is 2. The average molecular weight is 1000 g/mol. The summed E-state index contributed by atoms with van der Waals surface area (Å²) in [7, 11) is 1.77. The van der Waals surface area contributed by atoms with E-state index in [1.165, 1.54) is 12.3 Å². The van der Waals surface area contributed by atoms with Crippen molar-refractivity contribution < 1.29 is 14.3 Å². The molecule has 358 valence electrons. The Morgan fingerprint density at radius 1 is 0.644 bits per heavy atom. The maximum absolute atomic E-state index is 14.1. The molecule has 0 saturated carbocycles. The SMILES string of the molecule is Cn1cccc1NC(=O)Oc1c[nH]c2nc(-c3cccc(-c4cnc5c(Cl)cc(-c6cc7c(=O)cc(NC(=O)C(C)(C)C)[nH]c7nc6-c6ccccc6)cc5c4)c3)c(-c3cc(Cl)c4ncccc4c3)cc2c1=O. The number of nitrogens with one attached hydrogen (secondary N) is 4. The minimum Gasteiger partial charge on any atom is -0.404 e. The van der Waals surface area contributed by atoms with Crippen molar-refractivity contribution in [2.45, 2.75) is 20.8 Å². The molecule has 11 rings (SSSR count). The van der Waals surface area contributed by atoms with Crippen LogP contribution in [0.1, 0.15) is 20.8 Å². The zero-order valence-electron chi connectivity index (χ0n) is 39.5. The van der Waals surface area contributed by atoms with Crippen LogP contribution >= 0.6 is 23.2 Å². The third-order valence-electron chi connectivity index (χ3n) is 12.5. The molecule has 7 aromatic heterocycles. The Balaban J connectivity index is 1.01. The number of H-pyrrole nitrogens is 2. The van der Waals surface area contributed by atoms with Gasteiger partial charge in [0.2, 0.25) is 11.3 Å². The fourth-order valence-corrected chi connectivity index (χ4v) is 9.27. The summed E-state index contributed by atoms with van der Waals surface area (Å²) in [6.07, 6.45) is 5.69. The van der Waals surface area contributed by atoms with Crippen molar-refractivity contribution in [1.82, 2.24) is 34.5 Å². The molecule has 0 aliphatic rings. The molecule has 0 spiro atoms. The van der Waals surface area contributed by atoms with Crippen LogP contribution in [0.2, 0.25) is 10.0 Å². The second-order valence-corrected chi connectivity index (χ2v) is 19.4. The monoisotopic (exact) mass is 1000 g/mol. The molecule has 0 atom stereocenters. The van der Waals surface area contributed by atoms with Gasteiger partial charge in [0.05, 0.1) is 43.2 Å². The first-order valence-electron chi connectivity index (χ1n) is 23.0. The molecule has 14 nitrogen and oxygen atoms in total. The summed E-state index contributed by atoms with van der Waals surface area (Å²) in [5.74, 6) is 0.272. The van der Waals surface area contributed by atoms with Crippen molar-refractivity contribution >= 4 is 90.7 Å². The Labute approximate surface area is 425 Å². The number of hydrogen-bond acceptors (Lipinski definition) is 9. The van der Waals surface area contributed by atoms with E-state index < -0.39 is 16.9 Å². The normalized spacial score (nSPS) is 11.6. The van der Waals surface area contributed by atoms with E-state index in [1.54, 1.807) is 81.3 Å². The Morgan fingerprint density at radius 2 is 1.32 bits per heavy atom. The molecule has 2 amide bonds. The zero-order valence-corrected chi connectivity index (χ0v) is 41.0. The van der Waals surface area contributed by atoms with Gasteiger partial charge in [0.1, 0.15) is 22.9 Å². The van der Waals surface area contributed by atoms with Gasteiger partial charge >= 0.3 is 6.09 Å². The van der Waals surface area contributed by atoms with Crippen molar-refractivity contribution in [3.8, 4) is 61.6 Å². The molecule has 73 heavy (non-hydrogen) atoms. The van der Waals surface area contributed by atoms with E-state index in [-0.39, 0.29) is 33.9 Å². The van der Waals surface area contributed by atoms with Crippen LogP contribution in [0.4, 0.5) is 16.4 Å². The third kappa shape index (κ3) is 8.94. The van der Waals surface area contributed by atoms with Crippen molar-refractivity contribution in [2.75, 3.05) is 10.6 Å². The predicted octanol–water partition coefficient (Wildman–Crippen LogP) is 12.8. The van der Waals surface area contributed by atoms with E-state index in [9.17, 15) is 19.2 Å². The van der Waals surface area contributed by atoms with E-state index in [0.29, 0.717) is 77.1 Å². The summed E-state index contributed by atoms with van der Waals surface area (Å²) < 4.78 is 7.22. The Kier molecular flexibility index (Phi) is 11.6. The molecule has 16 heteroatoms. The molecule has 0 aliphatic carbocycles. The van der Waals surface area contributed by atoms with Crippen molar-refractivity contribution in [1.29, 1.82) is 0 Å². The molecule has 0 saturated heterocycles. The summed E-state index contributed by atoms with van der Waals surface area (Å²) in [4.78, 5) is 79.3. The maximum atomic E-state index is 14.1. The van der Waals surface area contributed by atoms with Gasteiger partial charge in [-0.1, -0.05) is 98.6 Å². The fourth-order valence-electron chi connectivity index (χ4n) is 8.72. The summed E-state index contributed by atoms with van der Waals surface area (Å²) in [5.41, 5.74) is 7.08. The first-order chi connectivity index (χ1) is 35.1. The van der Waals surface area contributed by atoms with E-state index in [4.69, 9.17) is 42.9 Å². The molecule has 0 radical (unpaired) electrons. The summed E-state index contributed by atoms with van der Waals surface area (Å²) in [5, 5.41) is 8.31. The lowest BCUT2D eigenvalue weighted by atomic mass is 9.94. The Hall–Kier alpha value is -8.98. The molecule has 0 fully saturated rings. The van der Waals surface area contributed by atoms with Crippen LogP contribution in [-0.4, -0.2) is 46.5 Å². The van der Waals surface area contributed by atoms with Crippen LogP contribution in [0.5, 0.6) is 5.75 Å². The average Bonchev–Trinajstić information content (AvgIpc) is 3.79. The molecule has 0 unspecified atom stereocenters. The van der Waals surface area contributed by atoms with Crippen LogP contribution in [0.15, 0.2) is 162 Å². The Morgan fingerprint density at radius 3 is 2.05 bits per heavy atom. The number of nitrogens with zero attached hydrogens (tertiary/aromatic N) is 5. The molecule has 0 bridgehead atoms. The number of aromatic amines is 2. The van der Waals surface area contributed by atoms with Crippen molar-refractivity contribution in [3.05, 3.63) is 183 Å². The van der Waals surface area contributed by atoms with Gasteiger partial charge in [-0.15, -0.1) is 0 Å². The highest BCUT2D eigenvalue weighted by Gasteiger charge is 2.24. The number of fused-ring (bicyclic) bond motifs is 4. The van der Waals surface area contributed by atoms with Gasteiger partial charge in [-0.2, -0.15) is 0 Å². The number of aryl methyl sites for hydroxylation is 1. The standard InChI is InChI=1S/C57H41Cl2N9O5/c1-57(2,3)55(71)64-46-27-44(69)40-25-38(48(67-54(40)63-46)30-11-6-5-7-12-30)35-21-36-22-37(28-61-51(36)43(59)24-35)31-13-8-14-32(19-31)49-39(34-20-33-15-9-17-60-50(33)42(58)23-34)26-41-52(70)45(29-62-53(41)66-49)73-56(72)65-47-16-10-18-68(47)4/h5-29H,1-4H3,(H,65,72)(H,62,66,70)(H2,63,64,67,69,71). The highest BCUT2D eigenvalue weighted by Crippen LogP contribution is 2.40. The van der Waals surface area contributed by atoms with Gasteiger partial charge in [0, 0.05) is 81.9 Å². The number of benzene rings is 4. The number of hydrogen-bond donors (Lipinski definition) is 4. The number of anilines is 2. The second-order valence-electron chi connectivity index (χ2n) is 18.5. The number of halogens is 2. The number of aromatic nitrogens is 7. The highest BCUT2D eigenvalue weighted by atomic mass is 35.5. The second kappa shape index (κ2) is 18.3. The molecule has 0 aliphatic heterocycles. The molecular weight excluding hydrogens is 962 g/mol. The molecule has 4 N–H and O–H groups in total. The van der Waals surface area contributed by atoms with Gasteiger partial charge in [-0.3, -0.25) is 29.7 Å². The molecular formula is C57H41Cl2N9O5. The number of carbonyl (C=O) groups excluding carboxylic acids is 2. The van der Waals surface area contributed by atoms with Crippen LogP contribution in [0.25, 0.3) is 99.8 Å². The van der Waals surface area contributed by atoms with Crippen LogP contribution in [-0.2, 0) is 11.8 Å². The first-order valence-corrected chi connectivity index (χ1v) is 23.8. The van der Waals surface area contributed by atoms with Crippen LogP contribution in [0.3, 0.4) is 0 Å². The lowest BCUT2D eigenvalue weighted by Gasteiger charge is -2.18. The number of pyridine rings is 6. The lowest BCUT2D eigenvalue weighted by molar-refractivity contribution is -0.123. The predicted molar refractivity (Wildman–Crippen MR) is 289 cm³/mol. The number of ether oxygens (including phenoxy) is 1. The number of rotatable bonds is 8. The lowest BCUT2D eigenvalue weighted by Crippen LogP contribution is -2.28. The van der Waals surface area contributed by atoms with Gasteiger partial charge < -0.3 is 24.6 Å². The summed E-state index contributed by atoms with van der Waals surface area (Å²) >= 11 is 13.9. The van der Waals surface area contributed by atoms with Crippen molar-refractivity contribution in [2.24, 2.45) is 12.5 Å².